The summed E-state index contributed by atoms with van der Waals surface area (Å²) in [5.74, 6) is -1.02. The molecule has 1 aromatic heterocycles. The molecular formula is C17H27N3O3. The second kappa shape index (κ2) is 7.15. The quantitative estimate of drug-likeness (QED) is 0.895. The molecule has 6 heteroatoms. The van der Waals surface area contributed by atoms with Crippen molar-refractivity contribution in [2.45, 2.75) is 46.5 Å². The van der Waals surface area contributed by atoms with Gasteiger partial charge >= 0.3 is 5.97 Å². The van der Waals surface area contributed by atoms with Crippen molar-refractivity contribution in [2.75, 3.05) is 13.1 Å². The predicted molar refractivity (Wildman–Crippen MR) is 87.2 cm³/mol. The van der Waals surface area contributed by atoms with Crippen molar-refractivity contribution in [2.24, 2.45) is 18.9 Å². The summed E-state index contributed by atoms with van der Waals surface area (Å²) in [6.45, 7) is 7.08. The monoisotopic (exact) mass is 321 g/mol. The molecule has 0 spiro atoms. The highest BCUT2D eigenvalue weighted by Crippen LogP contribution is 2.24. The number of aromatic nitrogens is 2. The summed E-state index contributed by atoms with van der Waals surface area (Å²) in [7, 11) is 1.91. The van der Waals surface area contributed by atoms with Crippen LogP contribution in [0.3, 0.4) is 0 Å². The van der Waals surface area contributed by atoms with E-state index in [1.54, 1.807) is 4.90 Å². The van der Waals surface area contributed by atoms with E-state index in [0.717, 1.165) is 29.8 Å². The Morgan fingerprint density at radius 3 is 2.52 bits per heavy atom. The number of amides is 1. The Labute approximate surface area is 137 Å². The summed E-state index contributed by atoms with van der Waals surface area (Å²) in [4.78, 5) is 25.7. The zero-order chi connectivity index (χ0) is 17.1. The lowest BCUT2D eigenvalue weighted by Gasteiger charge is -2.34. The molecule has 1 aromatic rings. The first-order valence-corrected chi connectivity index (χ1v) is 8.41. The smallest absolute Gasteiger partial charge is 0.308 e. The van der Waals surface area contributed by atoms with Crippen molar-refractivity contribution in [3.63, 3.8) is 0 Å². The number of carboxylic acids is 1. The van der Waals surface area contributed by atoms with Crippen molar-refractivity contribution in [1.82, 2.24) is 14.7 Å². The molecule has 0 bridgehead atoms. The lowest BCUT2D eigenvalue weighted by Crippen LogP contribution is -2.46. The molecule has 1 aliphatic rings. The molecular weight excluding hydrogens is 294 g/mol. The number of nitrogens with zero attached hydrogens (tertiary/aromatic N) is 3. The molecule has 23 heavy (non-hydrogen) atoms. The number of likely N-dealkylation sites (tertiary alicyclic amines) is 1. The van der Waals surface area contributed by atoms with Crippen molar-refractivity contribution in [3.8, 4) is 0 Å². The van der Waals surface area contributed by atoms with Crippen LogP contribution in [-0.4, -0.2) is 44.8 Å². The fourth-order valence-electron chi connectivity index (χ4n) is 3.59. The zero-order valence-electron chi connectivity index (χ0n) is 14.5. The fraction of sp³-hybridized carbons (Fsp3) is 0.706. The summed E-state index contributed by atoms with van der Waals surface area (Å²) in [6.07, 6.45) is 2.59. The topological polar surface area (TPSA) is 75.4 Å². The lowest BCUT2D eigenvalue weighted by atomic mass is 9.90. The maximum atomic E-state index is 12.7. The highest BCUT2D eigenvalue weighted by atomic mass is 16.4. The molecule has 0 aromatic carbocycles. The van der Waals surface area contributed by atoms with Gasteiger partial charge in [0, 0.05) is 31.4 Å². The van der Waals surface area contributed by atoms with Crippen LogP contribution in [0.25, 0.3) is 0 Å². The van der Waals surface area contributed by atoms with Gasteiger partial charge < -0.3 is 10.0 Å². The van der Waals surface area contributed by atoms with E-state index in [4.69, 9.17) is 0 Å². The Kier molecular flexibility index (Phi) is 5.44. The van der Waals surface area contributed by atoms with Crippen LogP contribution in [0.4, 0.5) is 0 Å². The molecule has 1 fully saturated rings. The van der Waals surface area contributed by atoms with Crippen molar-refractivity contribution in [1.29, 1.82) is 0 Å². The van der Waals surface area contributed by atoms with Gasteiger partial charge in [-0.3, -0.25) is 14.3 Å². The third-order valence-electron chi connectivity index (χ3n) is 4.72. The SMILES string of the molecule is CCc1nn(C)c(CC)c1CC(=O)N1CC(C)CC(C(=O)O)C1. The van der Waals surface area contributed by atoms with Gasteiger partial charge in [-0.1, -0.05) is 20.8 Å². The third-order valence-corrected chi connectivity index (χ3v) is 4.72. The maximum absolute atomic E-state index is 12.7. The van der Waals surface area contributed by atoms with Crippen molar-refractivity contribution in [3.05, 3.63) is 17.0 Å². The van der Waals surface area contributed by atoms with E-state index < -0.39 is 11.9 Å². The molecule has 6 nitrogen and oxygen atoms in total. The third kappa shape index (κ3) is 3.74. The van der Waals surface area contributed by atoms with Gasteiger partial charge in [0.05, 0.1) is 18.0 Å². The molecule has 128 valence electrons. The summed E-state index contributed by atoms with van der Waals surface area (Å²) >= 11 is 0. The number of carboxylic acid groups (broad SMARTS) is 1. The number of aliphatic carboxylic acids is 1. The predicted octanol–water partition coefficient (Wildman–Crippen LogP) is 1.66. The van der Waals surface area contributed by atoms with Crippen LogP contribution < -0.4 is 0 Å². The second-order valence-corrected chi connectivity index (χ2v) is 6.55. The summed E-state index contributed by atoms with van der Waals surface area (Å²) in [6, 6.07) is 0. The van der Waals surface area contributed by atoms with Gasteiger partial charge in [-0.05, 0) is 25.2 Å². The Bertz CT molecular complexity index is 594. The van der Waals surface area contributed by atoms with Gasteiger partial charge in [-0.2, -0.15) is 5.10 Å². The van der Waals surface area contributed by atoms with Crippen LogP contribution >= 0.6 is 0 Å². The van der Waals surface area contributed by atoms with Gasteiger partial charge in [0.15, 0.2) is 0 Å². The van der Waals surface area contributed by atoms with E-state index in [1.165, 1.54) is 0 Å². The molecule has 2 heterocycles. The number of hydrogen-bond donors (Lipinski definition) is 1. The van der Waals surface area contributed by atoms with Crippen LogP contribution in [-0.2, 0) is 35.9 Å². The molecule has 0 aliphatic carbocycles. The highest BCUT2D eigenvalue weighted by Gasteiger charge is 2.32. The number of piperidine rings is 1. The number of carbonyl (C=O) groups is 2. The summed E-state index contributed by atoms with van der Waals surface area (Å²) in [5.41, 5.74) is 3.08. The van der Waals surface area contributed by atoms with E-state index in [2.05, 4.69) is 12.0 Å². The number of hydrogen-bond acceptors (Lipinski definition) is 3. The average Bonchev–Trinajstić information content (AvgIpc) is 2.81. The first-order chi connectivity index (χ1) is 10.9. The number of carbonyl (C=O) groups excluding carboxylic acids is 1. The van der Waals surface area contributed by atoms with Gasteiger partial charge in [-0.25, -0.2) is 0 Å². The molecule has 2 rings (SSSR count). The van der Waals surface area contributed by atoms with Crippen LogP contribution in [0.1, 0.15) is 44.1 Å². The standard InChI is InChI=1S/C17H27N3O3/c1-5-14-13(15(6-2)19(4)18-14)8-16(21)20-9-11(3)7-12(10-20)17(22)23/h11-12H,5-10H2,1-4H3,(H,22,23). The minimum Gasteiger partial charge on any atom is -0.481 e. The molecule has 1 amide bonds. The minimum absolute atomic E-state index is 0.0141. The second-order valence-electron chi connectivity index (χ2n) is 6.55. The normalized spacial score (nSPS) is 21.5. The van der Waals surface area contributed by atoms with Crippen molar-refractivity contribution >= 4 is 11.9 Å². The van der Waals surface area contributed by atoms with Crippen molar-refractivity contribution < 1.29 is 14.7 Å². The fourth-order valence-corrected chi connectivity index (χ4v) is 3.59. The van der Waals surface area contributed by atoms with Gasteiger partial charge in [0.2, 0.25) is 5.91 Å². The van der Waals surface area contributed by atoms with E-state index in [0.29, 0.717) is 25.9 Å². The van der Waals surface area contributed by atoms with Crippen LogP contribution in [0.5, 0.6) is 0 Å². The van der Waals surface area contributed by atoms with E-state index >= 15 is 0 Å². The van der Waals surface area contributed by atoms with Crippen LogP contribution in [0.15, 0.2) is 0 Å². The van der Waals surface area contributed by atoms with Gasteiger partial charge in [0.1, 0.15) is 0 Å². The first kappa shape index (κ1) is 17.5. The first-order valence-electron chi connectivity index (χ1n) is 8.41. The molecule has 1 saturated heterocycles. The molecule has 1 aliphatic heterocycles. The number of rotatable bonds is 5. The van der Waals surface area contributed by atoms with E-state index in [1.807, 2.05) is 25.6 Å². The largest absolute Gasteiger partial charge is 0.481 e. The Morgan fingerprint density at radius 2 is 1.96 bits per heavy atom. The number of aryl methyl sites for hydroxylation is 2. The maximum Gasteiger partial charge on any atom is 0.308 e. The molecule has 0 saturated carbocycles. The molecule has 1 N–H and O–H groups in total. The molecule has 2 unspecified atom stereocenters. The summed E-state index contributed by atoms with van der Waals surface area (Å²) in [5, 5.41) is 13.8. The minimum atomic E-state index is -0.806. The van der Waals surface area contributed by atoms with Crippen LogP contribution in [0, 0.1) is 11.8 Å². The zero-order valence-corrected chi connectivity index (χ0v) is 14.5. The van der Waals surface area contributed by atoms with E-state index in [9.17, 15) is 14.7 Å². The van der Waals surface area contributed by atoms with E-state index in [-0.39, 0.29) is 11.8 Å². The Hall–Kier alpha value is -1.85. The van der Waals surface area contributed by atoms with Gasteiger partial charge in [-0.15, -0.1) is 0 Å². The molecule has 0 radical (unpaired) electrons. The Morgan fingerprint density at radius 1 is 1.26 bits per heavy atom. The average molecular weight is 321 g/mol. The highest BCUT2D eigenvalue weighted by molar-refractivity contribution is 5.80. The van der Waals surface area contributed by atoms with Crippen LogP contribution in [0.2, 0.25) is 0 Å². The summed E-state index contributed by atoms with van der Waals surface area (Å²) < 4.78 is 1.86. The Balaban J connectivity index is 2.17. The van der Waals surface area contributed by atoms with Gasteiger partial charge in [0.25, 0.3) is 0 Å². The lowest BCUT2D eigenvalue weighted by molar-refractivity contribution is -0.146. The molecule has 2 atom stereocenters.